The van der Waals surface area contributed by atoms with Crippen molar-refractivity contribution in [2.24, 2.45) is 0 Å². The summed E-state index contributed by atoms with van der Waals surface area (Å²) < 4.78 is 39.2. The van der Waals surface area contributed by atoms with Gasteiger partial charge in [-0.05, 0) is 44.2 Å². The summed E-state index contributed by atoms with van der Waals surface area (Å²) in [5.74, 6) is -0.120. The number of hydrogen-bond acceptors (Lipinski definition) is 3. The van der Waals surface area contributed by atoms with Gasteiger partial charge in [0.05, 0.1) is 5.69 Å². The third-order valence-electron chi connectivity index (χ3n) is 4.35. The Labute approximate surface area is 143 Å². The molecule has 1 aromatic carbocycles. The normalized spacial score (nSPS) is 18.4. The van der Waals surface area contributed by atoms with Gasteiger partial charge >= 0.3 is 6.18 Å². The average molecular weight is 352 g/mol. The Morgan fingerprint density at radius 3 is 2.80 bits per heavy atom. The molecule has 2 aromatic rings. The van der Waals surface area contributed by atoms with Crippen molar-refractivity contribution in [2.45, 2.75) is 25.1 Å². The van der Waals surface area contributed by atoms with E-state index in [1.165, 1.54) is 6.20 Å². The second-order valence-electron chi connectivity index (χ2n) is 6.07. The molecule has 1 N–H and O–H groups in total. The lowest BCUT2D eigenvalue weighted by molar-refractivity contribution is -0.141. The number of aromatic nitrogens is 2. The third-order valence-corrected chi connectivity index (χ3v) is 4.35. The van der Waals surface area contributed by atoms with E-state index >= 15 is 0 Å². The Morgan fingerprint density at radius 1 is 1.32 bits per heavy atom. The Balaban J connectivity index is 1.81. The Morgan fingerprint density at radius 2 is 2.12 bits per heavy atom. The number of piperidine rings is 1. The number of halogens is 3. The van der Waals surface area contributed by atoms with Crippen LogP contribution in [0, 0.1) is 0 Å². The van der Waals surface area contributed by atoms with E-state index in [0.29, 0.717) is 24.3 Å². The molecule has 3 rings (SSSR count). The SMILES string of the molecule is CN[C@@H]1CCCN(C(=O)c2cccc(-n3ccc(C(F)(F)F)n3)c2)C1. The van der Waals surface area contributed by atoms with Gasteiger partial charge < -0.3 is 10.2 Å². The lowest BCUT2D eigenvalue weighted by atomic mass is 10.0. The fraction of sp³-hybridized carbons (Fsp3) is 0.412. The van der Waals surface area contributed by atoms with Crippen LogP contribution in [0.3, 0.4) is 0 Å². The molecule has 1 aromatic heterocycles. The second kappa shape index (κ2) is 6.87. The minimum atomic E-state index is -4.49. The van der Waals surface area contributed by atoms with E-state index in [9.17, 15) is 18.0 Å². The first-order chi connectivity index (χ1) is 11.9. The number of rotatable bonds is 3. The minimum absolute atomic E-state index is 0.120. The molecule has 8 heteroatoms. The molecule has 0 unspecified atom stereocenters. The number of nitrogens with zero attached hydrogens (tertiary/aromatic N) is 3. The van der Waals surface area contributed by atoms with Gasteiger partial charge in [0.25, 0.3) is 5.91 Å². The van der Waals surface area contributed by atoms with E-state index in [4.69, 9.17) is 0 Å². The van der Waals surface area contributed by atoms with Crippen LogP contribution in [0.1, 0.15) is 28.9 Å². The molecule has 134 valence electrons. The van der Waals surface area contributed by atoms with Crippen LogP contribution in [0.15, 0.2) is 36.5 Å². The van der Waals surface area contributed by atoms with Crippen molar-refractivity contribution in [3.63, 3.8) is 0 Å². The fourth-order valence-corrected chi connectivity index (χ4v) is 2.98. The molecular weight excluding hydrogens is 333 g/mol. The number of amides is 1. The third kappa shape index (κ3) is 3.84. The van der Waals surface area contributed by atoms with Gasteiger partial charge in [-0.15, -0.1) is 0 Å². The zero-order valence-electron chi connectivity index (χ0n) is 13.8. The Kier molecular flexibility index (Phi) is 4.80. The standard InChI is InChI=1S/C17H19F3N4O/c1-21-13-5-3-8-23(11-13)16(25)12-4-2-6-14(10-12)24-9-7-15(22-24)17(18,19)20/h2,4,6-7,9-10,13,21H,3,5,8,11H2,1H3/t13-/m1/s1. The first kappa shape index (κ1) is 17.5. The molecule has 0 spiro atoms. The summed E-state index contributed by atoms with van der Waals surface area (Å²) in [5.41, 5.74) is -0.0982. The largest absolute Gasteiger partial charge is 0.435 e. The fourth-order valence-electron chi connectivity index (χ4n) is 2.98. The van der Waals surface area contributed by atoms with Gasteiger partial charge in [-0.1, -0.05) is 6.07 Å². The van der Waals surface area contributed by atoms with Crippen LogP contribution in [-0.2, 0) is 6.18 Å². The van der Waals surface area contributed by atoms with Crippen LogP contribution >= 0.6 is 0 Å². The van der Waals surface area contributed by atoms with Crippen LogP contribution in [-0.4, -0.2) is 46.8 Å². The van der Waals surface area contributed by atoms with E-state index in [1.54, 1.807) is 29.2 Å². The van der Waals surface area contributed by atoms with E-state index in [2.05, 4.69) is 10.4 Å². The first-order valence-corrected chi connectivity index (χ1v) is 8.08. The molecule has 1 fully saturated rings. The predicted molar refractivity (Wildman–Crippen MR) is 86.6 cm³/mol. The molecule has 0 bridgehead atoms. The van der Waals surface area contributed by atoms with Crippen molar-refractivity contribution in [3.8, 4) is 5.69 Å². The lowest BCUT2D eigenvalue weighted by Gasteiger charge is -2.32. The van der Waals surface area contributed by atoms with Crippen LogP contribution in [0.5, 0.6) is 0 Å². The number of benzene rings is 1. The van der Waals surface area contributed by atoms with E-state index in [0.717, 1.165) is 23.6 Å². The van der Waals surface area contributed by atoms with Crippen LogP contribution in [0.2, 0.25) is 0 Å². The lowest BCUT2D eigenvalue weighted by Crippen LogP contribution is -2.46. The number of carbonyl (C=O) groups is 1. The summed E-state index contributed by atoms with van der Waals surface area (Å²) in [4.78, 5) is 14.5. The number of hydrogen-bond donors (Lipinski definition) is 1. The maximum atomic E-state index is 12.7. The topological polar surface area (TPSA) is 50.2 Å². The van der Waals surface area contributed by atoms with Gasteiger partial charge in [-0.2, -0.15) is 18.3 Å². The molecule has 5 nitrogen and oxygen atoms in total. The van der Waals surface area contributed by atoms with Gasteiger partial charge in [0.2, 0.25) is 0 Å². The van der Waals surface area contributed by atoms with Gasteiger partial charge in [0.1, 0.15) is 0 Å². The number of likely N-dealkylation sites (N-methyl/N-ethyl adjacent to an activating group) is 1. The van der Waals surface area contributed by atoms with E-state index < -0.39 is 11.9 Å². The second-order valence-corrected chi connectivity index (χ2v) is 6.07. The van der Waals surface area contributed by atoms with E-state index in [-0.39, 0.29) is 11.9 Å². The molecule has 0 aliphatic carbocycles. The number of alkyl halides is 3. The molecule has 1 atom stereocenters. The summed E-state index contributed by atoms with van der Waals surface area (Å²) >= 11 is 0. The van der Waals surface area contributed by atoms with Crippen molar-refractivity contribution in [1.29, 1.82) is 0 Å². The van der Waals surface area contributed by atoms with Crippen LogP contribution in [0.25, 0.3) is 5.69 Å². The van der Waals surface area contributed by atoms with E-state index in [1.807, 2.05) is 7.05 Å². The maximum Gasteiger partial charge on any atom is 0.435 e. The predicted octanol–water partition coefficient (Wildman–Crippen LogP) is 2.72. The quantitative estimate of drug-likeness (QED) is 0.924. The van der Waals surface area contributed by atoms with Crippen molar-refractivity contribution in [1.82, 2.24) is 20.0 Å². The number of nitrogens with one attached hydrogen (secondary N) is 1. The van der Waals surface area contributed by atoms with Crippen molar-refractivity contribution in [3.05, 3.63) is 47.8 Å². The van der Waals surface area contributed by atoms with Gasteiger partial charge in [-0.25, -0.2) is 4.68 Å². The molecule has 0 radical (unpaired) electrons. The highest BCUT2D eigenvalue weighted by Gasteiger charge is 2.33. The van der Waals surface area contributed by atoms with Gasteiger partial charge in [0.15, 0.2) is 5.69 Å². The highest BCUT2D eigenvalue weighted by atomic mass is 19.4. The average Bonchev–Trinajstić information content (AvgIpc) is 3.12. The molecule has 1 aliphatic heterocycles. The summed E-state index contributed by atoms with van der Waals surface area (Å²) in [7, 11) is 1.87. The Bertz CT molecular complexity index is 756. The first-order valence-electron chi connectivity index (χ1n) is 8.08. The number of carbonyl (C=O) groups excluding carboxylic acids is 1. The summed E-state index contributed by atoms with van der Waals surface area (Å²) in [6.45, 7) is 1.31. The zero-order valence-corrected chi connectivity index (χ0v) is 13.8. The molecule has 0 saturated carbocycles. The van der Waals surface area contributed by atoms with Crippen molar-refractivity contribution < 1.29 is 18.0 Å². The maximum absolute atomic E-state index is 12.7. The highest BCUT2D eigenvalue weighted by molar-refractivity contribution is 5.94. The smallest absolute Gasteiger partial charge is 0.337 e. The Hall–Kier alpha value is -2.35. The highest BCUT2D eigenvalue weighted by Crippen LogP contribution is 2.28. The van der Waals surface area contributed by atoms with Gasteiger partial charge in [-0.3, -0.25) is 4.79 Å². The monoisotopic (exact) mass is 352 g/mol. The molecule has 25 heavy (non-hydrogen) atoms. The summed E-state index contributed by atoms with van der Waals surface area (Å²) in [5, 5.41) is 6.73. The van der Waals surface area contributed by atoms with Gasteiger partial charge in [0, 0.05) is 30.9 Å². The van der Waals surface area contributed by atoms with Crippen molar-refractivity contribution in [2.75, 3.05) is 20.1 Å². The molecule has 1 amide bonds. The number of likely N-dealkylation sites (tertiary alicyclic amines) is 1. The molecular formula is C17H19F3N4O. The molecule has 1 saturated heterocycles. The van der Waals surface area contributed by atoms with Crippen LogP contribution in [0.4, 0.5) is 13.2 Å². The zero-order chi connectivity index (χ0) is 18.0. The summed E-state index contributed by atoms with van der Waals surface area (Å²) in [6, 6.07) is 7.69. The molecule has 1 aliphatic rings. The minimum Gasteiger partial charge on any atom is -0.337 e. The molecule has 2 heterocycles. The van der Waals surface area contributed by atoms with Crippen LogP contribution < -0.4 is 5.32 Å². The summed E-state index contributed by atoms with van der Waals surface area (Å²) in [6.07, 6.45) is -1.31. The van der Waals surface area contributed by atoms with Crippen molar-refractivity contribution >= 4 is 5.91 Å².